The van der Waals surface area contributed by atoms with E-state index < -0.39 is 26.6 Å². The van der Waals surface area contributed by atoms with Gasteiger partial charge in [0.05, 0.1) is 16.7 Å². The molecule has 1 aromatic rings. The molecule has 5 nitrogen and oxygen atoms in total. The zero-order valence-corrected chi connectivity index (χ0v) is 23.0. The quantitative estimate of drug-likeness (QED) is 0.462. The van der Waals surface area contributed by atoms with Crippen LogP contribution < -0.4 is 4.72 Å². The standard InChI is InChI=1S/C27H33Cl2FN2O3S/c1-26(29)8-3-5-23(28)22(26)15-32-10-4-9-27(16-32)14-19(27)11-18-12-24(30)21(13-20(18)17-6-7-17)25(33)31-36(2,34)35/h3,5,8,12-13,17,19,22H,4,6-7,9-11,14-16H2,1-2H3,(H,31,33)/t19-,22?,26?,27?/m1/s1. The van der Waals surface area contributed by atoms with Gasteiger partial charge in [0.2, 0.25) is 10.0 Å². The predicted molar refractivity (Wildman–Crippen MR) is 141 cm³/mol. The monoisotopic (exact) mass is 554 g/mol. The first-order valence-electron chi connectivity index (χ1n) is 12.7. The largest absolute Gasteiger partial charge is 0.302 e. The number of nitrogens with one attached hydrogen (secondary N) is 1. The number of sulfonamides is 1. The van der Waals surface area contributed by atoms with Crippen molar-refractivity contribution < 1.29 is 17.6 Å². The summed E-state index contributed by atoms with van der Waals surface area (Å²) in [6.07, 6.45) is 13.0. The molecule has 3 fully saturated rings. The van der Waals surface area contributed by atoms with E-state index in [1.165, 1.54) is 6.07 Å². The number of nitrogens with zero attached hydrogens (tertiary/aromatic N) is 1. The van der Waals surface area contributed by atoms with Crippen molar-refractivity contribution in [1.82, 2.24) is 9.62 Å². The summed E-state index contributed by atoms with van der Waals surface area (Å²) in [5, 5.41) is 0.798. The SMILES string of the molecule is CC1(Cl)C=CC=C(Cl)C1CN1CCCC2(C[C@H]2Cc2cc(F)c(C(=O)NS(C)(=O)=O)cc2C2CC2)C1. The number of carbonyl (C=O) groups is 1. The Morgan fingerprint density at radius 1 is 1.31 bits per heavy atom. The van der Waals surface area contributed by atoms with Crippen LogP contribution in [0.5, 0.6) is 0 Å². The maximum Gasteiger partial charge on any atom is 0.267 e. The molecule has 1 aromatic carbocycles. The molecule has 4 atom stereocenters. The van der Waals surface area contributed by atoms with Crippen LogP contribution in [0.2, 0.25) is 0 Å². The Kier molecular flexibility index (Phi) is 6.85. The number of halogens is 3. The molecule has 1 N–H and O–H groups in total. The molecule has 0 radical (unpaired) electrons. The van der Waals surface area contributed by atoms with Gasteiger partial charge in [-0.1, -0.05) is 23.8 Å². The molecule has 196 valence electrons. The highest BCUT2D eigenvalue weighted by molar-refractivity contribution is 7.89. The summed E-state index contributed by atoms with van der Waals surface area (Å²) in [5.41, 5.74) is 1.98. The van der Waals surface area contributed by atoms with Crippen molar-refractivity contribution >= 4 is 39.1 Å². The number of carbonyl (C=O) groups excluding carboxylic acids is 1. The molecule has 1 heterocycles. The number of alkyl halides is 1. The number of benzene rings is 1. The van der Waals surface area contributed by atoms with E-state index in [-0.39, 0.29) is 16.9 Å². The van der Waals surface area contributed by atoms with Crippen molar-refractivity contribution in [2.75, 3.05) is 25.9 Å². The highest BCUT2D eigenvalue weighted by atomic mass is 35.5. The minimum Gasteiger partial charge on any atom is -0.302 e. The average Bonchev–Trinajstić information content (AvgIpc) is 3.68. The van der Waals surface area contributed by atoms with E-state index in [2.05, 4.69) is 4.90 Å². The van der Waals surface area contributed by atoms with E-state index in [9.17, 15) is 17.6 Å². The van der Waals surface area contributed by atoms with Gasteiger partial charge in [0.1, 0.15) is 5.82 Å². The lowest BCUT2D eigenvalue weighted by Crippen LogP contribution is -2.44. The third-order valence-electron chi connectivity index (χ3n) is 8.41. The Morgan fingerprint density at radius 2 is 2.06 bits per heavy atom. The highest BCUT2D eigenvalue weighted by Crippen LogP contribution is 2.60. The molecule has 36 heavy (non-hydrogen) atoms. The lowest BCUT2D eigenvalue weighted by Gasteiger charge is -2.40. The first kappa shape index (κ1) is 26.2. The van der Waals surface area contributed by atoms with Gasteiger partial charge in [-0.25, -0.2) is 17.5 Å². The van der Waals surface area contributed by atoms with E-state index in [1.807, 2.05) is 29.9 Å². The molecule has 1 saturated heterocycles. The van der Waals surface area contributed by atoms with Crippen LogP contribution in [0, 0.1) is 23.1 Å². The topological polar surface area (TPSA) is 66.5 Å². The Hall–Kier alpha value is -1.41. The first-order valence-corrected chi connectivity index (χ1v) is 15.3. The summed E-state index contributed by atoms with van der Waals surface area (Å²) in [4.78, 5) is 14.4. The van der Waals surface area contributed by atoms with Gasteiger partial charge in [-0.2, -0.15) is 0 Å². The van der Waals surface area contributed by atoms with E-state index in [1.54, 1.807) is 6.07 Å². The van der Waals surface area contributed by atoms with Gasteiger partial charge in [0, 0.05) is 24.0 Å². The van der Waals surface area contributed by atoms with Crippen molar-refractivity contribution in [1.29, 1.82) is 0 Å². The lowest BCUT2D eigenvalue weighted by atomic mass is 9.85. The van der Waals surface area contributed by atoms with Gasteiger partial charge in [0.25, 0.3) is 5.91 Å². The molecular formula is C27H33Cl2FN2O3S. The van der Waals surface area contributed by atoms with Crippen LogP contribution in [-0.2, 0) is 16.4 Å². The molecule has 1 spiro atoms. The minimum absolute atomic E-state index is 0.0550. The fraction of sp³-hybridized carbons (Fsp3) is 0.593. The molecule has 1 amide bonds. The summed E-state index contributed by atoms with van der Waals surface area (Å²) in [7, 11) is -3.77. The van der Waals surface area contributed by atoms with E-state index in [0.717, 1.165) is 80.6 Å². The first-order chi connectivity index (χ1) is 16.9. The lowest BCUT2D eigenvalue weighted by molar-refractivity contribution is 0.0977. The van der Waals surface area contributed by atoms with Crippen molar-refractivity contribution in [3.8, 4) is 0 Å². The van der Waals surface area contributed by atoms with Gasteiger partial charge >= 0.3 is 0 Å². The fourth-order valence-electron chi connectivity index (χ4n) is 6.23. The third-order valence-corrected chi connectivity index (χ3v) is 9.75. The zero-order chi connectivity index (χ0) is 25.9. The predicted octanol–water partition coefficient (Wildman–Crippen LogP) is 5.34. The Bertz CT molecular complexity index is 1240. The highest BCUT2D eigenvalue weighted by Gasteiger charge is 2.55. The normalized spacial score (nSPS) is 32.4. The van der Waals surface area contributed by atoms with Crippen molar-refractivity contribution in [3.05, 3.63) is 57.9 Å². The van der Waals surface area contributed by atoms with E-state index in [4.69, 9.17) is 23.2 Å². The number of hydrogen-bond donors (Lipinski definition) is 1. The molecule has 0 aromatic heterocycles. The number of likely N-dealkylation sites (tertiary alicyclic amines) is 1. The number of piperidine rings is 1. The maximum absolute atomic E-state index is 15.0. The second-order valence-electron chi connectivity index (χ2n) is 11.4. The summed E-state index contributed by atoms with van der Waals surface area (Å²) in [6.45, 7) is 4.85. The Morgan fingerprint density at radius 3 is 2.72 bits per heavy atom. The summed E-state index contributed by atoms with van der Waals surface area (Å²) < 4.78 is 39.8. The van der Waals surface area contributed by atoms with Crippen LogP contribution in [0.3, 0.4) is 0 Å². The Labute approximate surface area is 223 Å². The minimum atomic E-state index is -3.77. The molecule has 4 aliphatic rings. The second-order valence-corrected chi connectivity index (χ2v) is 14.4. The Balaban J connectivity index is 1.29. The summed E-state index contributed by atoms with van der Waals surface area (Å²) >= 11 is 13.3. The number of hydrogen-bond acceptors (Lipinski definition) is 4. The number of amides is 1. The molecule has 2 saturated carbocycles. The van der Waals surface area contributed by atoms with Gasteiger partial charge in [-0.3, -0.25) is 4.79 Å². The van der Waals surface area contributed by atoms with Crippen LogP contribution in [-0.4, -0.2) is 50.0 Å². The van der Waals surface area contributed by atoms with Crippen LogP contribution in [0.4, 0.5) is 4.39 Å². The van der Waals surface area contributed by atoms with Gasteiger partial charge < -0.3 is 4.90 Å². The molecule has 1 aliphatic heterocycles. The average molecular weight is 556 g/mol. The number of rotatable bonds is 7. The van der Waals surface area contributed by atoms with Crippen LogP contribution in [0.15, 0.2) is 35.4 Å². The smallest absolute Gasteiger partial charge is 0.267 e. The third kappa shape index (κ3) is 5.54. The molecule has 3 unspecified atom stereocenters. The molecular weight excluding hydrogens is 522 g/mol. The van der Waals surface area contributed by atoms with Crippen molar-refractivity contribution in [2.24, 2.45) is 17.3 Å². The maximum atomic E-state index is 15.0. The molecule has 5 rings (SSSR count). The van der Waals surface area contributed by atoms with E-state index in [0.29, 0.717) is 11.8 Å². The van der Waals surface area contributed by atoms with E-state index >= 15 is 0 Å². The zero-order valence-electron chi connectivity index (χ0n) is 20.7. The molecule has 0 bridgehead atoms. The van der Waals surface area contributed by atoms with Crippen LogP contribution >= 0.6 is 23.2 Å². The van der Waals surface area contributed by atoms with Crippen LogP contribution in [0.1, 0.15) is 66.4 Å². The van der Waals surface area contributed by atoms with Crippen molar-refractivity contribution in [3.63, 3.8) is 0 Å². The van der Waals surface area contributed by atoms with Gasteiger partial charge in [0.15, 0.2) is 0 Å². The van der Waals surface area contributed by atoms with Gasteiger partial charge in [-0.15, -0.1) is 11.6 Å². The van der Waals surface area contributed by atoms with Gasteiger partial charge in [-0.05, 0) is 98.6 Å². The van der Waals surface area contributed by atoms with Crippen LogP contribution in [0.25, 0.3) is 0 Å². The molecule has 3 aliphatic carbocycles. The number of allylic oxidation sites excluding steroid dienone is 3. The summed E-state index contributed by atoms with van der Waals surface area (Å²) in [5.74, 6) is -0.737. The second kappa shape index (κ2) is 9.40. The summed E-state index contributed by atoms with van der Waals surface area (Å²) in [6, 6.07) is 3.05. The van der Waals surface area contributed by atoms with Crippen molar-refractivity contribution in [2.45, 2.75) is 56.2 Å². The fourth-order valence-corrected chi connectivity index (χ4v) is 7.36. The molecule has 9 heteroatoms.